The predicted octanol–water partition coefficient (Wildman–Crippen LogP) is 6.01. The smallest absolute Gasteiger partial charge is 0.433 e. The van der Waals surface area contributed by atoms with Crippen LogP contribution in [0.25, 0.3) is 11.3 Å². The first kappa shape index (κ1) is 25.2. The molecule has 0 aliphatic heterocycles. The molecule has 184 valence electrons. The molecule has 1 atom stereocenters. The van der Waals surface area contributed by atoms with Gasteiger partial charge in [0.1, 0.15) is 10.7 Å². The number of carbonyl (C=O) groups is 2. The number of nitrogens with zero attached hydrogens (tertiary/aromatic N) is 2. The van der Waals surface area contributed by atoms with Gasteiger partial charge in [-0.05, 0) is 44.2 Å². The third-order valence-corrected chi connectivity index (χ3v) is 7.68. The van der Waals surface area contributed by atoms with Crippen LogP contribution in [0.2, 0.25) is 0 Å². The van der Waals surface area contributed by atoms with Crippen LogP contribution in [-0.2, 0) is 28.5 Å². The molecule has 1 aliphatic rings. The summed E-state index contributed by atoms with van der Waals surface area (Å²) >= 11 is 2.16. The zero-order chi connectivity index (χ0) is 25.2. The molecule has 4 rings (SSSR count). The fourth-order valence-electron chi connectivity index (χ4n) is 3.78. The molecule has 35 heavy (non-hydrogen) atoms. The molecule has 11 heteroatoms. The van der Waals surface area contributed by atoms with Gasteiger partial charge in [0.25, 0.3) is 0 Å². The molecule has 0 saturated heterocycles. The molecule has 1 N–H and O–H groups in total. The Hall–Kier alpha value is -2.92. The maximum absolute atomic E-state index is 13.5. The van der Waals surface area contributed by atoms with E-state index in [2.05, 4.69) is 15.3 Å². The van der Waals surface area contributed by atoms with E-state index >= 15 is 0 Å². The summed E-state index contributed by atoms with van der Waals surface area (Å²) in [7, 11) is 1.29. The summed E-state index contributed by atoms with van der Waals surface area (Å²) in [5.74, 6) is -0.991. The molecular formula is C24H22F3N3O3S2. The molecule has 0 fully saturated rings. The number of ether oxygens (including phenoxy) is 1. The van der Waals surface area contributed by atoms with Gasteiger partial charge in [-0.2, -0.15) is 13.2 Å². The standard InChI is InChI=1S/C24H22F3N3O3S2/c1-13(20(31)30-21-19(22(32)33-2)15-10-6-7-11-17(15)35-21)34-23-28-16(14-8-4-3-5-9-14)12-18(29-23)24(25,26)27/h3-5,8-9,12-13H,6-7,10-11H2,1-2H3,(H,30,31). The van der Waals surface area contributed by atoms with Crippen LogP contribution in [0.15, 0.2) is 41.6 Å². The summed E-state index contributed by atoms with van der Waals surface area (Å²) < 4.78 is 45.4. The molecule has 2 heterocycles. The van der Waals surface area contributed by atoms with E-state index in [4.69, 9.17) is 4.74 Å². The molecule has 2 aromatic heterocycles. The van der Waals surface area contributed by atoms with Crippen molar-refractivity contribution in [2.45, 2.75) is 49.2 Å². The minimum absolute atomic E-state index is 0.113. The molecule has 0 spiro atoms. The Morgan fingerprint density at radius 3 is 2.54 bits per heavy atom. The number of halogens is 3. The van der Waals surface area contributed by atoms with Crippen molar-refractivity contribution in [3.05, 3.63) is 58.1 Å². The van der Waals surface area contributed by atoms with Crippen molar-refractivity contribution in [3.63, 3.8) is 0 Å². The topological polar surface area (TPSA) is 81.2 Å². The van der Waals surface area contributed by atoms with Gasteiger partial charge in [-0.1, -0.05) is 42.1 Å². The molecular weight excluding hydrogens is 499 g/mol. The number of amides is 1. The number of carbonyl (C=O) groups excluding carboxylic acids is 2. The number of rotatable bonds is 6. The normalized spacial score (nSPS) is 14.2. The second kappa shape index (κ2) is 10.4. The highest BCUT2D eigenvalue weighted by molar-refractivity contribution is 8.00. The number of benzene rings is 1. The van der Waals surface area contributed by atoms with Gasteiger partial charge < -0.3 is 10.1 Å². The van der Waals surface area contributed by atoms with Crippen molar-refractivity contribution in [1.29, 1.82) is 0 Å². The number of methoxy groups -OCH3 is 1. The van der Waals surface area contributed by atoms with E-state index in [-0.39, 0.29) is 10.9 Å². The van der Waals surface area contributed by atoms with Gasteiger partial charge in [0.15, 0.2) is 5.16 Å². The molecule has 3 aromatic rings. The van der Waals surface area contributed by atoms with Crippen LogP contribution < -0.4 is 5.32 Å². The van der Waals surface area contributed by atoms with E-state index in [1.54, 1.807) is 37.3 Å². The number of esters is 1. The van der Waals surface area contributed by atoms with E-state index in [0.717, 1.165) is 54.0 Å². The quantitative estimate of drug-likeness (QED) is 0.243. The summed E-state index contributed by atoms with van der Waals surface area (Å²) in [5, 5.41) is 2.18. The van der Waals surface area contributed by atoms with Gasteiger partial charge in [-0.3, -0.25) is 4.79 Å². The highest BCUT2D eigenvalue weighted by atomic mass is 32.2. The first-order valence-corrected chi connectivity index (χ1v) is 12.6. The van der Waals surface area contributed by atoms with Crippen LogP contribution in [0.4, 0.5) is 18.2 Å². The average molecular weight is 522 g/mol. The Bertz CT molecular complexity index is 1250. The van der Waals surface area contributed by atoms with Crippen LogP contribution in [-0.4, -0.2) is 34.2 Å². The predicted molar refractivity (Wildman–Crippen MR) is 129 cm³/mol. The Balaban J connectivity index is 1.59. The minimum atomic E-state index is -4.67. The molecule has 6 nitrogen and oxygen atoms in total. The third kappa shape index (κ3) is 5.67. The number of fused-ring (bicyclic) bond motifs is 1. The van der Waals surface area contributed by atoms with Crippen LogP contribution in [0, 0.1) is 0 Å². The lowest BCUT2D eigenvalue weighted by Gasteiger charge is -2.14. The molecule has 1 aliphatic carbocycles. The summed E-state index contributed by atoms with van der Waals surface area (Å²) in [4.78, 5) is 34.3. The highest BCUT2D eigenvalue weighted by Gasteiger charge is 2.34. The monoisotopic (exact) mass is 521 g/mol. The molecule has 0 bridgehead atoms. The summed E-state index contributed by atoms with van der Waals surface area (Å²) in [6.45, 7) is 1.55. The van der Waals surface area contributed by atoms with Gasteiger partial charge in [0, 0.05) is 10.4 Å². The average Bonchev–Trinajstić information content (AvgIpc) is 3.21. The van der Waals surface area contributed by atoms with Crippen molar-refractivity contribution in [2.75, 3.05) is 12.4 Å². The Kier molecular flexibility index (Phi) is 7.46. The van der Waals surface area contributed by atoms with Crippen LogP contribution in [0.1, 0.15) is 46.3 Å². The van der Waals surface area contributed by atoms with E-state index in [9.17, 15) is 22.8 Å². The maximum atomic E-state index is 13.5. The molecule has 1 aromatic carbocycles. The lowest BCUT2D eigenvalue weighted by atomic mass is 9.95. The Morgan fingerprint density at radius 1 is 1.14 bits per heavy atom. The number of hydrogen-bond acceptors (Lipinski definition) is 7. The zero-order valence-electron chi connectivity index (χ0n) is 18.9. The van der Waals surface area contributed by atoms with Crippen LogP contribution >= 0.6 is 23.1 Å². The van der Waals surface area contributed by atoms with Crippen molar-refractivity contribution in [2.24, 2.45) is 0 Å². The fourth-order valence-corrected chi connectivity index (χ4v) is 5.84. The summed E-state index contributed by atoms with van der Waals surface area (Å²) in [6, 6.07) is 9.35. The van der Waals surface area contributed by atoms with Gasteiger partial charge in [-0.25, -0.2) is 14.8 Å². The SMILES string of the molecule is COC(=O)c1c(NC(=O)C(C)Sc2nc(-c3ccccc3)cc(C(F)(F)F)n2)sc2c1CCCC2. The van der Waals surface area contributed by atoms with E-state index < -0.39 is 29.0 Å². The number of thiophene rings is 1. The lowest BCUT2D eigenvalue weighted by molar-refractivity contribution is -0.141. The first-order valence-electron chi connectivity index (χ1n) is 10.9. The summed E-state index contributed by atoms with van der Waals surface area (Å²) in [5.41, 5.74) is 0.797. The number of alkyl halides is 3. The van der Waals surface area contributed by atoms with E-state index in [1.807, 2.05) is 0 Å². The van der Waals surface area contributed by atoms with Gasteiger partial charge in [0.2, 0.25) is 5.91 Å². The molecule has 1 amide bonds. The van der Waals surface area contributed by atoms with Gasteiger partial charge >= 0.3 is 12.1 Å². The summed E-state index contributed by atoms with van der Waals surface area (Å²) in [6.07, 6.45) is -1.16. The minimum Gasteiger partial charge on any atom is -0.465 e. The largest absolute Gasteiger partial charge is 0.465 e. The van der Waals surface area contributed by atoms with E-state index in [1.165, 1.54) is 18.4 Å². The van der Waals surface area contributed by atoms with Crippen LogP contribution in [0.3, 0.4) is 0 Å². The zero-order valence-corrected chi connectivity index (χ0v) is 20.6. The van der Waals surface area contributed by atoms with Gasteiger partial charge in [-0.15, -0.1) is 11.3 Å². The maximum Gasteiger partial charge on any atom is 0.433 e. The van der Waals surface area contributed by atoms with Crippen LogP contribution in [0.5, 0.6) is 0 Å². The molecule has 0 radical (unpaired) electrons. The number of hydrogen-bond donors (Lipinski definition) is 1. The second-order valence-electron chi connectivity index (χ2n) is 7.94. The van der Waals surface area contributed by atoms with E-state index in [0.29, 0.717) is 16.1 Å². The van der Waals surface area contributed by atoms with Crippen molar-refractivity contribution < 1.29 is 27.5 Å². The highest BCUT2D eigenvalue weighted by Crippen LogP contribution is 2.39. The first-order chi connectivity index (χ1) is 16.7. The Morgan fingerprint density at radius 2 is 1.86 bits per heavy atom. The number of nitrogens with one attached hydrogen (secondary N) is 1. The second-order valence-corrected chi connectivity index (χ2v) is 10.4. The Labute approximate surface area is 208 Å². The molecule has 1 unspecified atom stereocenters. The number of thioether (sulfide) groups is 1. The number of anilines is 1. The molecule has 0 saturated carbocycles. The van der Waals surface area contributed by atoms with Gasteiger partial charge in [0.05, 0.1) is 23.6 Å². The fraction of sp³-hybridized carbons (Fsp3) is 0.333. The van der Waals surface area contributed by atoms with Crippen molar-refractivity contribution >= 4 is 40.0 Å². The third-order valence-electron chi connectivity index (χ3n) is 5.51. The van der Waals surface area contributed by atoms with Crippen molar-refractivity contribution in [1.82, 2.24) is 9.97 Å². The number of aryl methyl sites for hydroxylation is 1. The van der Waals surface area contributed by atoms with Crippen molar-refractivity contribution in [3.8, 4) is 11.3 Å². The lowest BCUT2D eigenvalue weighted by Crippen LogP contribution is -2.23. The number of aromatic nitrogens is 2.